The first-order valence-electron chi connectivity index (χ1n) is 8.47. The lowest BCUT2D eigenvalue weighted by Crippen LogP contribution is -2.14. The number of nitrogens with one attached hydrogen (secondary N) is 1. The molecule has 0 aliphatic carbocycles. The minimum absolute atomic E-state index is 0.104. The molecular formula is C20H19N5OS. The Hall–Kier alpha value is -3.11. The van der Waals surface area contributed by atoms with E-state index in [2.05, 4.69) is 32.3 Å². The number of hydrogen-bond acceptors (Lipinski definition) is 5. The molecule has 6 nitrogen and oxygen atoms in total. The molecule has 136 valence electrons. The minimum atomic E-state index is -0.104. The van der Waals surface area contributed by atoms with E-state index in [1.54, 1.807) is 12.5 Å². The Balaban J connectivity index is 1.60. The topological polar surface area (TPSA) is 72.7 Å². The molecule has 1 aromatic carbocycles. The molecule has 0 bridgehead atoms. The maximum atomic E-state index is 12.2. The molecule has 0 unspecified atom stereocenters. The van der Waals surface area contributed by atoms with Crippen LogP contribution in [0.3, 0.4) is 0 Å². The third-order valence-corrected chi connectivity index (χ3v) is 4.53. The summed E-state index contributed by atoms with van der Waals surface area (Å²) in [5, 5.41) is 11.6. The van der Waals surface area contributed by atoms with Crippen LogP contribution in [0, 0.1) is 11.8 Å². The second-order valence-corrected chi connectivity index (χ2v) is 6.94. The van der Waals surface area contributed by atoms with Crippen LogP contribution in [0.5, 0.6) is 0 Å². The summed E-state index contributed by atoms with van der Waals surface area (Å²) in [5.74, 6) is 6.22. The molecule has 3 rings (SSSR count). The fourth-order valence-electron chi connectivity index (χ4n) is 2.26. The van der Waals surface area contributed by atoms with Crippen LogP contribution in [0.15, 0.2) is 60.1 Å². The minimum Gasteiger partial charge on any atom is -0.325 e. The molecule has 0 saturated carbocycles. The van der Waals surface area contributed by atoms with Crippen molar-refractivity contribution in [3.05, 3.63) is 66.2 Å². The van der Waals surface area contributed by atoms with Gasteiger partial charge < -0.3 is 9.88 Å². The van der Waals surface area contributed by atoms with Gasteiger partial charge in [-0.3, -0.25) is 4.79 Å². The van der Waals surface area contributed by atoms with E-state index in [0.717, 1.165) is 10.7 Å². The molecule has 0 fully saturated rings. The largest absolute Gasteiger partial charge is 0.325 e. The smallest absolute Gasteiger partial charge is 0.234 e. The number of aromatic nitrogens is 4. The van der Waals surface area contributed by atoms with Gasteiger partial charge in [-0.05, 0) is 50.1 Å². The number of nitrogens with zero attached hydrogens (tertiary/aromatic N) is 4. The Morgan fingerprint density at radius 2 is 2.11 bits per heavy atom. The Morgan fingerprint density at radius 3 is 2.89 bits per heavy atom. The van der Waals surface area contributed by atoms with Crippen LogP contribution in [-0.4, -0.2) is 31.4 Å². The van der Waals surface area contributed by atoms with Gasteiger partial charge in [0.2, 0.25) is 5.91 Å². The summed E-state index contributed by atoms with van der Waals surface area (Å²) in [6.07, 6.45) is 3.38. The van der Waals surface area contributed by atoms with E-state index in [1.807, 2.05) is 60.9 Å². The van der Waals surface area contributed by atoms with E-state index in [0.29, 0.717) is 11.4 Å². The highest BCUT2D eigenvalue weighted by Gasteiger charge is 2.10. The normalized spacial score (nSPS) is 10.3. The SMILES string of the molecule is CC(C)n1cnnc1SCC(=O)Nc1cccc(C#Cc2ccccn2)c1. The second kappa shape index (κ2) is 9.01. The number of carbonyl (C=O) groups excluding carboxylic acids is 1. The Morgan fingerprint density at radius 1 is 1.22 bits per heavy atom. The Bertz CT molecular complexity index is 973. The van der Waals surface area contributed by atoms with Crippen LogP contribution >= 0.6 is 11.8 Å². The van der Waals surface area contributed by atoms with Gasteiger partial charge in [-0.25, -0.2) is 4.98 Å². The quantitative estimate of drug-likeness (QED) is 0.545. The maximum Gasteiger partial charge on any atom is 0.234 e. The first-order chi connectivity index (χ1) is 13.1. The van der Waals surface area contributed by atoms with Gasteiger partial charge >= 0.3 is 0 Å². The lowest BCUT2D eigenvalue weighted by Gasteiger charge is -2.09. The van der Waals surface area contributed by atoms with E-state index >= 15 is 0 Å². The van der Waals surface area contributed by atoms with E-state index in [1.165, 1.54) is 11.8 Å². The molecule has 3 aromatic rings. The molecule has 1 amide bonds. The summed E-state index contributed by atoms with van der Waals surface area (Å²) >= 11 is 1.36. The zero-order valence-electron chi connectivity index (χ0n) is 15.1. The van der Waals surface area contributed by atoms with Crippen molar-refractivity contribution in [1.29, 1.82) is 0 Å². The number of carbonyl (C=O) groups is 1. The van der Waals surface area contributed by atoms with Crippen molar-refractivity contribution < 1.29 is 4.79 Å². The summed E-state index contributed by atoms with van der Waals surface area (Å²) in [7, 11) is 0. The van der Waals surface area contributed by atoms with Crippen LogP contribution < -0.4 is 5.32 Å². The number of amides is 1. The molecule has 0 atom stereocenters. The predicted octanol–water partition coefficient (Wildman–Crippen LogP) is 3.38. The Kier molecular flexibility index (Phi) is 6.23. The molecule has 0 saturated heterocycles. The summed E-state index contributed by atoms with van der Waals surface area (Å²) in [6.45, 7) is 4.09. The van der Waals surface area contributed by atoms with E-state index in [4.69, 9.17) is 0 Å². The zero-order valence-corrected chi connectivity index (χ0v) is 15.9. The third kappa shape index (κ3) is 5.43. The van der Waals surface area contributed by atoms with Crippen molar-refractivity contribution in [2.24, 2.45) is 0 Å². The van der Waals surface area contributed by atoms with Crippen molar-refractivity contribution >= 4 is 23.4 Å². The molecule has 2 heterocycles. The molecule has 0 aliphatic heterocycles. The van der Waals surface area contributed by atoms with E-state index in [-0.39, 0.29) is 17.7 Å². The first kappa shape index (κ1) is 18.7. The van der Waals surface area contributed by atoms with Crippen molar-refractivity contribution in [2.75, 3.05) is 11.1 Å². The molecule has 1 N–H and O–H groups in total. The first-order valence-corrected chi connectivity index (χ1v) is 9.45. The number of thioether (sulfide) groups is 1. The molecule has 0 aliphatic rings. The average molecular weight is 377 g/mol. The lowest BCUT2D eigenvalue weighted by atomic mass is 10.2. The van der Waals surface area contributed by atoms with Gasteiger partial charge in [0.05, 0.1) is 5.75 Å². The zero-order chi connectivity index (χ0) is 19.1. The highest BCUT2D eigenvalue weighted by molar-refractivity contribution is 7.99. The Labute approximate surface area is 162 Å². The van der Waals surface area contributed by atoms with Gasteiger partial charge in [0.1, 0.15) is 12.0 Å². The van der Waals surface area contributed by atoms with Crippen molar-refractivity contribution in [2.45, 2.75) is 25.0 Å². The number of pyridine rings is 1. The number of hydrogen-bond donors (Lipinski definition) is 1. The lowest BCUT2D eigenvalue weighted by molar-refractivity contribution is -0.113. The van der Waals surface area contributed by atoms with Gasteiger partial charge in [-0.1, -0.05) is 29.8 Å². The van der Waals surface area contributed by atoms with Gasteiger partial charge in [0.15, 0.2) is 5.16 Å². The van der Waals surface area contributed by atoms with Crippen LogP contribution in [-0.2, 0) is 4.79 Å². The molecule has 7 heteroatoms. The van der Waals surface area contributed by atoms with Crippen molar-refractivity contribution in [3.8, 4) is 11.8 Å². The fourth-order valence-corrected chi connectivity index (χ4v) is 3.11. The summed E-state index contributed by atoms with van der Waals surface area (Å²) < 4.78 is 1.94. The molecule has 2 aromatic heterocycles. The van der Waals surface area contributed by atoms with Gasteiger partial charge in [0.25, 0.3) is 0 Å². The van der Waals surface area contributed by atoms with E-state index in [9.17, 15) is 4.79 Å². The fraction of sp³-hybridized carbons (Fsp3) is 0.200. The standard InChI is InChI=1S/C20H19N5OS/c1-15(2)25-14-22-24-20(25)27-13-19(26)23-18-8-5-6-16(12-18)9-10-17-7-3-4-11-21-17/h3-8,11-12,14-15H,13H2,1-2H3,(H,23,26). The monoisotopic (exact) mass is 377 g/mol. The van der Waals surface area contributed by atoms with Crippen LogP contribution in [0.1, 0.15) is 31.1 Å². The molecule has 27 heavy (non-hydrogen) atoms. The van der Waals surface area contributed by atoms with Crippen molar-refractivity contribution in [1.82, 2.24) is 19.7 Å². The van der Waals surface area contributed by atoms with Crippen LogP contribution in [0.2, 0.25) is 0 Å². The highest BCUT2D eigenvalue weighted by atomic mass is 32.2. The maximum absolute atomic E-state index is 12.2. The third-order valence-electron chi connectivity index (χ3n) is 3.58. The number of rotatable bonds is 5. The molecular weight excluding hydrogens is 358 g/mol. The average Bonchev–Trinajstić information content (AvgIpc) is 3.15. The highest BCUT2D eigenvalue weighted by Crippen LogP contribution is 2.19. The van der Waals surface area contributed by atoms with Crippen LogP contribution in [0.4, 0.5) is 5.69 Å². The number of anilines is 1. The summed E-state index contributed by atoms with van der Waals surface area (Å²) in [6, 6.07) is 13.3. The number of benzene rings is 1. The van der Waals surface area contributed by atoms with Crippen molar-refractivity contribution in [3.63, 3.8) is 0 Å². The van der Waals surface area contributed by atoms with Gasteiger partial charge in [0, 0.05) is 23.5 Å². The van der Waals surface area contributed by atoms with Crippen LogP contribution in [0.25, 0.3) is 0 Å². The predicted molar refractivity (Wildman–Crippen MR) is 106 cm³/mol. The summed E-state index contributed by atoms with van der Waals surface area (Å²) in [4.78, 5) is 16.4. The second-order valence-electron chi connectivity index (χ2n) is 6.00. The van der Waals surface area contributed by atoms with E-state index < -0.39 is 0 Å². The van der Waals surface area contributed by atoms with Gasteiger partial charge in [-0.15, -0.1) is 10.2 Å². The summed E-state index contributed by atoms with van der Waals surface area (Å²) in [5.41, 5.74) is 2.22. The van der Waals surface area contributed by atoms with Gasteiger partial charge in [-0.2, -0.15) is 0 Å². The molecule has 0 radical (unpaired) electrons. The molecule has 0 spiro atoms.